The first-order chi connectivity index (χ1) is 14.3. The van der Waals surface area contributed by atoms with E-state index >= 15 is 0 Å². The van der Waals surface area contributed by atoms with Gasteiger partial charge >= 0.3 is 0 Å². The highest BCUT2D eigenvalue weighted by molar-refractivity contribution is 5.85. The Morgan fingerprint density at radius 3 is 2.69 bits per heavy atom. The highest BCUT2D eigenvalue weighted by Gasteiger charge is 2.10. The van der Waals surface area contributed by atoms with E-state index in [1.165, 1.54) is 24.9 Å². The number of amides is 1. The first-order valence-electron chi connectivity index (χ1n) is 9.93. The summed E-state index contributed by atoms with van der Waals surface area (Å²) in [5, 5.41) is 4.99. The van der Waals surface area contributed by atoms with Gasteiger partial charge in [0.2, 0.25) is 0 Å². The van der Waals surface area contributed by atoms with Crippen LogP contribution in [0.15, 0.2) is 65.9 Å². The van der Waals surface area contributed by atoms with E-state index in [4.69, 9.17) is 4.74 Å². The molecule has 4 rings (SSSR count). The van der Waals surface area contributed by atoms with Crippen molar-refractivity contribution in [1.82, 2.24) is 10.4 Å². The summed E-state index contributed by atoms with van der Waals surface area (Å²) < 4.78 is 5.61. The van der Waals surface area contributed by atoms with Crippen molar-refractivity contribution in [2.24, 2.45) is 5.10 Å². The van der Waals surface area contributed by atoms with Gasteiger partial charge in [-0.2, -0.15) is 5.10 Å². The summed E-state index contributed by atoms with van der Waals surface area (Å²) in [5.74, 6) is 0.259. The number of ether oxygens (including phenoxy) is 1. The second-order valence-electron chi connectivity index (χ2n) is 7.05. The van der Waals surface area contributed by atoms with Crippen LogP contribution in [0.2, 0.25) is 0 Å². The molecule has 1 fully saturated rings. The van der Waals surface area contributed by atoms with Crippen molar-refractivity contribution in [2.75, 3.05) is 24.6 Å². The molecule has 29 heavy (non-hydrogen) atoms. The molecule has 1 aromatic heterocycles. The Hall–Kier alpha value is -3.41. The van der Waals surface area contributed by atoms with Gasteiger partial charge in [-0.05, 0) is 49.1 Å². The number of rotatable bonds is 6. The van der Waals surface area contributed by atoms with Gasteiger partial charge in [0.25, 0.3) is 5.91 Å². The van der Waals surface area contributed by atoms with Crippen LogP contribution in [-0.2, 0) is 4.79 Å². The van der Waals surface area contributed by atoms with Crippen LogP contribution in [0.4, 0.5) is 5.69 Å². The van der Waals surface area contributed by atoms with Crippen LogP contribution in [0.3, 0.4) is 0 Å². The quantitative estimate of drug-likeness (QED) is 0.516. The van der Waals surface area contributed by atoms with E-state index in [1.807, 2.05) is 36.4 Å². The lowest BCUT2D eigenvalue weighted by atomic mass is 10.1. The van der Waals surface area contributed by atoms with Crippen LogP contribution in [0.25, 0.3) is 10.9 Å². The van der Waals surface area contributed by atoms with Gasteiger partial charge in [0.05, 0.1) is 6.21 Å². The molecule has 0 atom stereocenters. The Morgan fingerprint density at radius 2 is 1.86 bits per heavy atom. The maximum atomic E-state index is 12.0. The van der Waals surface area contributed by atoms with Crippen LogP contribution >= 0.6 is 0 Å². The molecule has 0 bridgehead atoms. The smallest absolute Gasteiger partial charge is 0.277 e. The summed E-state index contributed by atoms with van der Waals surface area (Å²) in [5.41, 5.74) is 5.41. The maximum absolute atomic E-state index is 12.0. The number of aromatic nitrogens is 1. The molecule has 1 N–H and O–H groups in total. The molecule has 6 heteroatoms. The Kier molecular flexibility index (Phi) is 6.00. The summed E-state index contributed by atoms with van der Waals surface area (Å²) in [7, 11) is 0. The molecule has 6 nitrogen and oxygen atoms in total. The zero-order valence-corrected chi connectivity index (χ0v) is 16.3. The number of nitrogens with one attached hydrogen (secondary N) is 1. The molecule has 2 heterocycles. The van der Waals surface area contributed by atoms with Gasteiger partial charge in [0, 0.05) is 30.4 Å². The van der Waals surface area contributed by atoms with Crippen molar-refractivity contribution in [3.63, 3.8) is 0 Å². The maximum Gasteiger partial charge on any atom is 0.277 e. The molecule has 0 radical (unpaired) electrons. The number of nitrogens with zero attached hydrogens (tertiary/aromatic N) is 3. The molecule has 1 saturated heterocycles. The molecular weight excluding hydrogens is 364 g/mol. The zero-order valence-electron chi connectivity index (χ0n) is 16.3. The molecule has 1 aliphatic rings. The third kappa shape index (κ3) is 4.90. The molecule has 1 aliphatic heterocycles. The van der Waals surface area contributed by atoms with E-state index in [9.17, 15) is 4.79 Å². The SMILES string of the molecule is O=C(COc1cccc2cccnc12)N/N=C/c1ccc(N2CCCCC2)cc1. The normalized spacial score (nSPS) is 14.3. The fourth-order valence-corrected chi connectivity index (χ4v) is 3.47. The Morgan fingerprint density at radius 1 is 1.07 bits per heavy atom. The Labute approximate surface area is 170 Å². The Balaban J connectivity index is 1.28. The predicted molar refractivity (Wildman–Crippen MR) is 115 cm³/mol. The molecule has 148 valence electrons. The fourth-order valence-electron chi connectivity index (χ4n) is 3.47. The number of anilines is 1. The molecular formula is C23H24N4O2. The number of hydrazone groups is 1. The van der Waals surface area contributed by atoms with Crippen molar-refractivity contribution in [2.45, 2.75) is 19.3 Å². The number of benzene rings is 2. The predicted octanol–water partition coefficient (Wildman–Crippen LogP) is 3.75. The number of hydrogen-bond donors (Lipinski definition) is 1. The summed E-state index contributed by atoms with van der Waals surface area (Å²) in [6, 6.07) is 17.7. The molecule has 0 unspecified atom stereocenters. The molecule has 0 saturated carbocycles. The van der Waals surface area contributed by atoms with E-state index in [2.05, 4.69) is 32.5 Å². The fraction of sp³-hybridized carbons (Fsp3) is 0.261. The number of para-hydroxylation sites is 1. The van der Waals surface area contributed by atoms with Crippen LogP contribution in [0.5, 0.6) is 5.75 Å². The highest BCUT2D eigenvalue weighted by atomic mass is 16.5. The topological polar surface area (TPSA) is 66.8 Å². The van der Waals surface area contributed by atoms with E-state index < -0.39 is 0 Å². The van der Waals surface area contributed by atoms with Crippen molar-refractivity contribution in [3.8, 4) is 5.75 Å². The average Bonchev–Trinajstić information content (AvgIpc) is 2.79. The van der Waals surface area contributed by atoms with Gasteiger partial charge < -0.3 is 9.64 Å². The number of carbonyl (C=O) groups excluding carboxylic acids is 1. The van der Waals surface area contributed by atoms with E-state index in [1.54, 1.807) is 18.5 Å². The monoisotopic (exact) mass is 388 g/mol. The summed E-state index contributed by atoms with van der Waals surface area (Å²) in [6.45, 7) is 2.12. The van der Waals surface area contributed by atoms with Crippen molar-refractivity contribution < 1.29 is 9.53 Å². The third-order valence-corrected chi connectivity index (χ3v) is 4.97. The minimum Gasteiger partial charge on any atom is -0.481 e. The van der Waals surface area contributed by atoms with E-state index in [0.717, 1.165) is 29.6 Å². The highest BCUT2D eigenvalue weighted by Crippen LogP contribution is 2.23. The van der Waals surface area contributed by atoms with Gasteiger partial charge in [-0.3, -0.25) is 9.78 Å². The molecule has 0 aliphatic carbocycles. The first kappa shape index (κ1) is 18.9. The van der Waals surface area contributed by atoms with Gasteiger partial charge in [0.1, 0.15) is 11.3 Å². The second kappa shape index (κ2) is 9.19. The Bertz CT molecular complexity index is 990. The standard InChI is InChI=1S/C23H24N4O2/c28-22(17-29-21-8-4-6-19-7-5-13-24-23(19)21)26-25-16-18-9-11-20(12-10-18)27-14-2-1-3-15-27/h4-13,16H,1-3,14-15,17H2,(H,26,28)/b25-16+. The van der Waals surface area contributed by atoms with Crippen LogP contribution in [-0.4, -0.2) is 36.8 Å². The minimum absolute atomic E-state index is 0.124. The van der Waals surface area contributed by atoms with Crippen molar-refractivity contribution in [1.29, 1.82) is 0 Å². The number of carbonyl (C=O) groups is 1. The lowest BCUT2D eigenvalue weighted by molar-refractivity contribution is -0.123. The lowest BCUT2D eigenvalue weighted by Gasteiger charge is -2.28. The van der Waals surface area contributed by atoms with Crippen LogP contribution in [0, 0.1) is 0 Å². The third-order valence-electron chi connectivity index (χ3n) is 4.97. The number of piperidine rings is 1. The van der Waals surface area contributed by atoms with Crippen molar-refractivity contribution in [3.05, 3.63) is 66.4 Å². The van der Waals surface area contributed by atoms with Crippen molar-refractivity contribution >= 4 is 28.7 Å². The molecule has 1 amide bonds. The lowest BCUT2D eigenvalue weighted by Crippen LogP contribution is -2.29. The van der Waals surface area contributed by atoms with Gasteiger partial charge in [-0.15, -0.1) is 0 Å². The second-order valence-corrected chi connectivity index (χ2v) is 7.05. The largest absolute Gasteiger partial charge is 0.481 e. The molecule has 3 aromatic rings. The minimum atomic E-state index is -0.320. The average molecular weight is 388 g/mol. The summed E-state index contributed by atoms with van der Waals surface area (Å²) >= 11 is 0. The summed E-state index contributed by atoms with van der Waals surface area (Å²) in [4.78, 5) is 18.7. The van der Waals surface area contributed by atoms with Gasteiger partial charge in [-0.25, -0.2) is 5.43 Å². The molecule has 2 aromatic carbocycles. The summed E-state index contributed by atoms with van der Waals surface area (Å²) in [6.07, 6.45) is 7.17. The van der Waals surface area contributed by atoms with Crippen LogP contribution in [0.1, 0.15) is 24.8 Å². The van der Waals surface area contributed by atoms with Gasteiger partial charge in [-0.1, -0.05) is 30.3 Å². The number of hydrogen-bond acceptors (Lipinski definition) is 5. The first-order valence-corrected chi connectivity index (χ1v) is 9.93. The number of fused-ring (bicyclic) bond motifs is 1. The zero-order chi connectivity index (χ0) is 19.9. The van der Waals surface area contributed by atoms with E-state index in [0.29, 0.717) is 5.75 Å². The molecule has 0 spiro atoms. The van der Waals surface area contributed by atoms with Crippen LogP contribution < -0.4 is 15.1 Å². The van der Waals surface area contributed by atoms with E-state index in [-0.39, 0.29) is 12.5 Å². The number of pyridine rings is 1. The van der Waals surface area contributed by atoms with Gasteiger partial charge in [0.15, 0.2) is 6.61 Å².